The Morgan fingerprint density at radius 1 is 1.50 bits per heavy atom. The van der Waals surface area contributed by atoms with E-state index in [0.717, 1.165) is 19.5 Å². The highest BCUT2D eigenvalue weighted by atomic mass is 16.3. The van der Waals surface area contributed by atoms with Gasteiger partial charge in [0.05, 0.1) is 12.6 Å². The summed E-state index contributed by atoms with van der Waals surface area (Å²) in [5.74, 6) is 0.511. The van der Waals surface area contributed by atoms with Gasteiger partial charge in [0.1, 0.15) is 0 Å². The summed E-state index contributed by atoms with van der Waals surface area (Å²) in [5.41, 5.74) is 5.08. The van der Waals surface area contributed by atoms with Crippen molar-refractivity contribution >= 4 is 5.91 Å². The molecule has 3 N–H and O–H groups in total. The molecular weight excluding hydrogens is 156 g/mol. The van der Waals surface area contributed by atoms with Crippen LogP contribution in [0.25, 0.3) is 0 Å². The molecule has 1 amide bonds. The lowest BCUT2D eigenvalue weighted by molar-refractivity contribution is -0.129. The van der Waals surface area contributed by atoms with E-state index in [-0.39, 0.29) is 12.0 Å². The van der Waals surface area contributed by atoms with Gasteiger partial charge in [0.15, 0.2) is 0 Å². The molecule has 3 atom stereocenters. The Labute approximate surface area is 71.3 Å². The maximum absolute atomic E-state index is 10.6. The molecule has 0 spiro atoms. The number of hydrogen-bond acceptors (Lipinski definition) is 3. The fourth-order valence-electron chi connectivity index (χ4n) is 2.31. The van der Waals surface area contributed by atoms with Gasteiger partial charge in [-0.25, -0.2) is 0 Å². The molecule has 1 unspecified atom stereocenters. The zero-order valence-corrected chi connectivity index (χ0v) is 6.94. The van der Waals surface area contributed by atoms with E-state index in [1.165, 1.54) is 0 Å². The molecule has 4 heteroatoms. The Morgan fingerprint density at radius 2 is 2.08 bits per heavy atom. The summed E-state index contributed by atoms with van der Waals surface area (Å²) >= 11 is 0. The minimum atomic E-state index is -0.272. The van der Waals surface area contributed by atoms with Gasteiger partial charge in [-0.15, -0.1) is 0 Å². The van der Waals surface area contributed by atoms with Crippen LogP contribution in [0.4, 0.5) is 0 Å². The Hall–Kier alpha value is -0.610. The van der Waals surface area contributed by atoms with Crippen LogP contribution in [0, 0.1) is 11.8 Å². The zero-order chi connectivity index (χ0) is 8.72. The molecule has 0 aromatic heterocycles. The molecule has 0 radical (unpaired) electrons. The van der Waals surface area contributed by atoms with E-state index in [4.69, 9.17) is 5.73 Å². The first-order chi connectivity index (χ1) is 5.66. The normalized spacial score (nSPS) is 40.6. The van der Waals surface area contributed by atoms with Crippen molar-refractivity contribution < 1.29 is 9.90 Å². The van der Waals surface area contributed by atoms with Crippen LogP contribution >= 0.6 is 0 Å². The van der Waals surface area contributed by atoms with Crippen molar-refractivity contribution in [2.75, 3.05) is 19.6 Å². The van der Waals surface area contributed by atoms with E-state index >= 15 is 0 Å². The highest BCUT2D eigenvalue weighted by Gasteiger charge is 2.45. The lowest BCUT2D eigenvalue weighted by atomic mass is 9.68. The lowest BCUT2D eigenvalue weighted by Gasteiger charge is -2.50. The summed E-state index contributed by atoms with van der Waals surface area (Å²) in [6.07, 6.45) is 1.00. The number of hydrogen-bond donors (Lipinski definition) is 2. The van der Waals surface area contributed by atoms with Crippen molar-refractivity contribution in [3.05, 3.63) is 0 Å². The molecule has 3 fully saturated rings. The molecule has 2 bridgehead atoms. The third-order valence-electron chi connectivity index (χ3n) is 2.94. The highest BCUT2D eigenvalue weighted by Crippen LogP contribution is 2.39. The van der Waals surface area contributed by atoms with Gasteiger partial charge in [0.25, 0.3) is 0 Å². The van der Waals surface area contributed by atoms with Crippen molar-refractivity contribution in [1.82, 2.24) is 4.90 Å². The van der Waals surface area contributed by atoms with Crippen LogP contribution in [0.1, 0.15) is 6.42 Å². The standard InChI is InChI=1S/C8H14N2O2/c9-7(11)4-10-2-5-1-6(3-10)8(5)12/h5-6,8,12H,1-4H2,(H2,9,11)/t5-,6+,8?. The van der Waals surface area contributed by atoms with Crippen LogP contribution in [0.5, 0.6) is 0 Å². The molecule has 0 aromatic rings. The van der Waals surface area contributed by atoms with Gasteiger partial charge in [-0.05, 0) is 18.3 Å². The molecule has 2 heterocycles. The predicted octanol–water partition coefficient (Wildman–Crippen LogP) is -1.22. The number of piperidine rings is 2. The van der Waals surface area contributed by atoms with Crippen molar-refractivity contribution in [2.45, 2.75) is 12.5 Å². The van der Waals surface area contributed by atoms with E-state index in [1.54, 1.807) is 0 Å². The molecule has 2 saturated heterocycles. The van der Waals surface area contributed by atoms with E-state index in [1.807, 2.05) is 4.90 Å². The van der Waals surface area contributed by atoms with Gasteiger partial charge in [0, 0.05) is 13.1 Å². The average molecular weight is 170 g/mol. The van der Waals surface area contributed by atoms with Crippen molar-refractivity contribution in [2.24, 2.45) is 17.6 Å². The van der Waals surface area contributed by atoms with Crippen LogP contribution in [0.3, 0.4) is 0 Å². The highest BCUT2D eigenvalue weighted by molar-refractivity contribution is 5.75. The summed E-state index contributed by atoms with van der Waals surface area (Å²) in [5, 5.41) is 9.44. The molecule has 0 aromatic carbocycles. The maximum Gasteiger partial charge on any atom is 0.231 e. The number of rotatable bonds is 2. The minimum Gasteiger partial charge on any atom is -0.392 e. The van der Waals surface area contributed by atoms with Crippen LogP contribution in [-0.2, 0) is 4.79 Å². The lowest BCUT2D eigenvalue weighted by Crippen LogP contribution is -2.59. The van der Waals surface area contributed by atoms with Gasteiger partial charge < -0.3 is 10.8 Å². The summed E-state index contributed by atoms with van der Waals surface area (Å²) in [4.78, 5) is 12.6. The number of aliphatic hydroxyl groups is 1. The van der Waals surface area contributed by atoms with E-state index in [9.17, 15) is 9.90 Å². The topological polar surface area (TPSA) is 66.6 Å². The Kier molecular flexibility index (Phi) is 1.81. The molecule has 3 aliphatic rings. The molecular formula is C8H14N2O2. The van der Waals surface area contributed by atoms with Crippen molar-refractivity contribution in [1.29, 1.82) is 0 Å². The first kappa shape index (κ1) is 8.01. The molecule has 12 heavy (non-hydrogen) atoms. The van der Waals surface area contributed by atoms with Crippen LogP contribution in [0.15, 0.2) is 0 Å². The second-order valence-electron chi connectivity index (χ2n) is 3.91. The number of amides is 1. The Bertz CT molecular complexity index is 195. The molecule has 3 rings (SSSR count). The maximum atomic E-state index is 10.6. The van der Waals surface area contributed by atoms with Crippen molar-refractivity contribution in [3.8, 4) is 0 Å². The van der Waals surface area contributed by atoms with E-state index in [0.29, 0.717) is 18.4 Å². The van der Waals surface area contributed by atoms with Gasteiger partial charge in [-0.2, -0.15) is 0 Å². The smallest absolute Gasteiger partial charge is 0.231 e. The number of nitrogens with two attached hydrogens (primary N) is 1. The molecule has 68 valence electrons. The first-order valence-electron chi connectivity index (χ1n) is 4.35. The SMILES string of the molecule is NC(=O)CN1C[C@H]2C[C@@H](C1)C2O. The number of carbonyl (C=O) groups is 1. The Morgan fingerprint density at radius 3 is 2.50 bits per heavy atom. The largest absolute Gasteiger partial charge is 0.392 e. The number of aliphatic hydroxyl groups excluding tert-OH is 1. The third-order valence-corrected chi connectivity index (χ3v) is 2.94. The zero-order valence-electron chi connectivity index (χ0n) is 6.94. The molecule has 4 nitrogen and oxygen atoms in total. The molecule has 1 saturated carbocycles. The summed E-state index contributed by atoms with van der Waals surface area (Å²) in [6.45, 7) is 2.01. The molecule has 2 aliphatic heterocycles. The summed E-state index contributed by atoms with van der Waals surface area (Å²) < 4.78 is 0. The number of nitrogens with zero attached hydrogens (tertiary/aromatic N) is 1. The average Bonchev–Trinajstić information content (AvgIpc) is 2.02. The van der Waals surface area contributed by atoms with E-state index in [2.05, 4.69) is 0 Å². The van der Waals surface area contributed by atoms with Crippen LogP contribution in [0.2, 0.25) is 0 Å². The quantitative estimate of drug-likeness (QED) is 0.546. The second-order valence-corrected chi connectivity index (χ2v) is 3.91. The van der Waals surface area contributed by atoms with Gasteiger partial charge in [-0.3, -0.25) is 9.69 Å². The number of carbonyl (C=O) groups excluding carboxylic acids is 1. The minimum absolute atomic E-state index is 0.117. The number of primary amides is 1. The van der Waals surface area contributed by atoms with Crippen LogP contribution in [-0.4, -0.2) is 41.7 Å². The van der Waals surface area contributed by atoms with Gasteiger partial charge >= 0.3 is 0 Å². The van der Waals surface area contributed by atoms with Gasteiger partial charge in [0.2, 0.25) is 5.91 Å². The Balaban J connectivity index is 1.86. The van der Waals surface area contributed by atoms with Crippen LogP contribution < -0.4 is 5.73 Å². The fourth-order valence-corrected chi connectivity index (χ4v) is 2.31. The van der Waals surface area contributed by atoms with E-state index < -0.39 is 0 Å². The first-order valence-corrected chi connectivity index (χ1v) is 4.35. The predicted molar refractivity (Wildman–Crippen MR) is 43.2 cm³/mol. The second kappa shape index (κ2) is 2.71. The summed E-state index contributed by atoms with van der Waals surface area (Å²) in [6, 6.07) is 0. The molecule has 1 aliphatic carbocycles. The fraction of sp³-hybridized carbons (Fsp3) is 0.875. The van der Waals surface area contributed by atoms with Gasteiger partial charge in [-0.1, -0.05) is 0 Å². The van der Waals surface area contributed by atoms with Crippen molar-refractivity contribution in [3.63, 3.8) is 0 Å². The third kappa shape index (κ3) is 1.21. The number of fused-ring (bicyclic) bond motifs is 2. The summed E-state index contributed by atoms with van der Waals surface area (Å²) in [7, 11) is 0. The monoisotopic (exact) mass is 170 g/mol.